The standard InChI is InChI=1S/C13H15BrClNO3/c14-10-8-9(2-3-11(10)15)16-13(12(17)18)4-1-6-19-7-5-13/h2-3,8,16H,1,4-7H2,(H,17,18). The van der Waals surface area contributed by atoms with Crippen molar-refractivity contribution in [1.29, 1.82) is 0 Å². The van der Waals surface area contributed by atoms with Crippen molar-refractivity contribution in [2.24, 2.45) is 0 Å². The second-order valence-electron chi connectivity index (χ2n) is 4.61. The molecule has 1 saturated heterocycles. The molecule has 0 aromatic heterocycles. The molecule has 1 heterocycles. The molecule has 1 fully saturated rings. The molecule has 2 N–H and O–H groups in total. The third-order valence-corrected chi connectivity index (χ3v) is 4.49. The smallest absolute Gasteiger partial charge is 0.329 e. The minimum absolute atomic E-state index is 0.447. The molecule has 1 aliphatic heterocycles. The minimum atomic E-state index is -0.968. The Balaban J connectivity index is 2.24. The quantitative estimate of drug-likeness (QED) is 0.877. The van der Waals surface area contributed by atoms with Gasteiger partial charge >= 0.3 is 5.97 Å². The monoisotopic (exact) mass is 347 g/mol. The number of aliphatic carboxylic acids is 1. The first kappa shape index (κ1) is 14.6. The van der Waals surface area contributed by atoms with Crippen LogP contribution in [0.5, 0.6) is 0 Å². The topological polar surface area (TPSA) is 58.6 Å². The Kier molecular flexibility index (Phi) is 4.71. The lowest BCUT2D eigenvalue weighted by molar-refractivity contribution is -0.142. The van der Waals surface area contributed by atoms with Gasteiger partial charge in [0.15, 0.2) is 0 Å². The van der Waals surface area contributed by atoms with E-state index in [0.717, 1.165) is 16.6 Å². The van der Waals surface area contributed by atoms with Crippen molar-refractivity contribution in [3.05, 3.63) is 27.7 Å². The SMILES string of the molecule is O=C(O)C1(Nc2ccc(Cl)c(Br)c2)CCCOCC1. The van der Waals surface area contributed by atoms with E-state index in [2.05, 4.69) is 21.2 Å². The van der Waals surface area contributed by atoms with Crippen molar-refractivity contribution in [2.45, 2.75) is 24.8 Å². The Morgan fingerprint density at radius 2 is 2.21 bits per heavy atom. The van der Waals surface area contributed by atoms with Gasteiger partial charge in [-0.15, -0.1) is 0 Å². The summed E-state index contributed by atoms with van der Waals surface area (Å²) in [4.78, 5) is 11.6. The molecule has 4 nitrogen and oxygen atoms in total. The van der Waals surface area contributed by atoms with Crippen LogP contribution in [0, 0.1) is 0 Å². The first-order chi connectivity index (χ1) is 9.03. The van der Waals surface area contributed by atoms with Crippen LogP contribution in [0.2, 0.25) is 5.02 Å². The van der Waals surface area contributed by atoms with Crippen LogP contribution in [0.1, 0.15) is 19.3 Å². The van der Waals surface area contributed by atoms with E-state index >= 15 is 0 Å². The molecule has 1 atom stereocenters. The number of carboxylic acids is 1. The molecule has 0 aliphatic carbocycles. The average Bonchev–Trinajstić information content (AvgIpc) is 2.60. The van der Waals surface area contributed by atoms with Gasteiger partial charge in [-0.05, 0) is 47.0 Å². The minimum Gasteiger partial charge on any atom is -0.480 e. The number of benzene rings is 1. The number of nitrogens with one attached hydrogen (secondary N) is 1. The van der Waals surface area contributed by atoms with Gasteiger partial charge in [-0.25, -0.2) is 4.79 Å². The fraction of sp³-hybridized carbons (Fsp3) is 0.462. The summed E-state index contributed by atoms with van der Waals surface area (Å²) in [6, 6.07) is 5.30. The first-order valence-corrected chi connectivity index (χ1v) is 7.25. The van der Waals surface area contributed by atoms with Gasteiger partial charge in [0.1, 0.15) is 5.54 Å². The Labute approximate surface area is 125 Å². The summed E-state index contributed by atoms with van der Waals surface area (Å²) in [5.41, 5.74) is -0.232. The number of ether oxygens (including phenoxy) is 1. The van der Waals surface area contributed by atoms with Crippen LogP contribution in [0.4, 0.5) is 5.69 Å². The van der Waals surface area contributed by atoms with Crippen molar-refractivity contribution < 1.29 is 14.6 Å². The van der Waals surface area contributed by atoms with Gasteiger partial charge < -0.3 is 15.2 Å². The van der Waals surface area contributed by atoms with Crippen molar-refractivity contribution in [3.8, 4) is 0 Å². The van der Waals surface area contributed by atoms with Crippen molar-refractivity contribution in [2.75, 3.05) is 18.5 Å². The molecule has 1 aliphatic rings. The molecular weight excluding hydrogens is 334 g/mol. The van der Waals surface area contributed by atoms with Crippen LogP contribution >= 0.6 is 27.5 Å². The highest BCUT2D eigenvalue weighted by Gasteiger charge is 2.39. The van der Waals surface area contributed by atoms with Gasteiger partial charge in [-0.3, -0.25) is 0 Å². The first-order valence-electron chi connectivity index (χ1n) is 6.08. The Morgan fingerprint density at radius 1 is 1.42 bits per heavy atom. The second kappa shape index (κ2) is 6.11. The van der Waals surface area contributed by atoms with E-state index in [1.165, 1.54) is 0 Å². The van der Waals surface area contributed by atoms with Crippen molar-refractivity contribution >= 4 is 39.2 Å². The van der Waals surface area contributed by atoms with Crippen LogP contribution in [-0.4, -0.2) is 29.8 Å². The van der Waals surface area contributed by atoms with Crippen LogP contribution in [0.15, 0.2) is 22.7 Å². The third-order valence-electron chi connectivity index (χ3n) is 3.28. The van der Waals surface area contributed by atoms with E-state index in [0.29, 0.717) is 31.1 Å². The summed E-state index contributed by atoms with van der Waals surface area (Å²) >= 11 is 9.27. The molecule has 0 saturated carbocycles. The summed E-state index contributed by atoms with van der Waals surface area (Å²) in [7, 11) is 0. The van der Waals surface area contributed by atoms with Crippen LogP contribution in [-0.2, 0) is 9.53 Å². The summed E-state index contributed by atoms with van der Waals surface area (Å²) in [6.07, 6.45) is 1.72. The lowest BCUT2D eigenvalue weighted by Crippen LogP contribution is -2.46. The zero-order valence-electron chi connectivity index (χ0n) is 10.3. The van der Waals surface area contributed by atoms with Crippen molar-refractivity contribution in [3.63, 3.8) is 0 Å². The molecule has 1 unspecified atom stereocenters. The van der Waals surface area contributed by atoms with Gasteiger partial charge in [0, 0.05) is 29.8 Å². The van der Waals surface area contributed by atoms with Gasteiger partial charge in [-0.2, -0.15) is 0 Å². The zero-order chi connectivity index (χ0) is 13.9. The Hall–Kier alpha value is -0.780. The Bertz CT molecular complexity index is 473. The fourth-order valence-electron chi connectivity index (χ4n) is 2.19. The number of hydrogen-bond donors (Lipinski definition) is 2. The average molecular weight is 349 g/mol. The molecule has 2 rings (SSSR count). The molecule has 0 radical (unpaired) electrons. The molecule has 1 aromatic rings. The van der Waals surface area contributed by atoms with Crippen LogP contribution in [0.25, 0.3) is 0 Å². The van der Waals surface area contributed by atoms with E-state index in [9.17, 15) is 9.90 Å². The number of anilines is 1. The Morgan fingerprint density at radius 3 is 2.89 bits per heavy atom. The molecule has 6 heteroatoms. The van der Waals surface area contributed by atoms with E-state index in [4.69, 9.17) is 16.3 Å². The number of hydrogen-bond acceptors (Lipinski definition) is 3. The molecule has 1 aromatic carbocycles. The van der Waals surface area contributed by atoms with Gasteiger partial charge in [-0.1, -0.05) is 11.6 Å². The van der Waals surface area contributed by atoms with Gasteiger partial charge in [0.05, 0.1) is 5.02 Å². The van der Waals surface area contributed by atoms with E-state index in [1.54, 1.807) is 18.2 Å². The number of carbonyl (C=O) groups is 1. The molecule has 19 heavy (non-hydrogen) atoms. The zero-order valence-corrected chi connectivity index (χ0v) is 12.6. The maximum absolute atomic E-state index is 11.6. The number of rotatable bonds is 3. The van der Waals surface area contributed by atoms with Gasteiger partial charge in [0.25, 0.3) is 0 Å². The fourth-order valence-corrected chi connectivity index (χ4v) is 2.69. The maximum Gasteiger partial charge on any atom is 0.329 e. The largest absolute Gasteiger partial charge is 0.480 e. The number of carboxylic acid groups (broad SMARTS) is 1. The highest BCUT2D eigenvalue weighted by atomic mass is 79.9. The highest BCUT2D eigenvalue weighted by molar-refractivity contribution is 9.10. The second-order valence-corrected chi connectivity index (χ2v) is 5.87. The normalized spacial score (nSPS) is 23.7. The molecule has 104 valence electrons. The van der Waals surface area contributed by atoms with Crippen molar-refractivity contribution in [1.82, 2.24) is 0 Å². The number of halogens is 2. The van der Waals surface area contributed by atoms with E-state index < -0.39 is 11.5 Å². The summed E-state index contributed by atoms with van der Waals surface area (Å²) in [5.74, 6) is -0.843. The molecule has 0 bridgehead atoms. The predicted molar refractivity (Wildman–Crippen MR) is 77.8 cm³/mol. The van der Waals surface area contributed by atoms with Crippen LogP contribution in [0.3, 0.4) is 0 Å². The summed E-state index contributed by atoms with van der Waals surface area (Å²) in [5, 5.41) is 13.3. The lowest BCUT2D eigenvalue weighted by Gasteiger charge is -2.30. The maximum atomic E-state index is 11.6. The highest BCUT2D eigenvalue weighted by Crippen LogP contribution is 2.30. The summed E-state index contributed by atoms with van der Waals surface area (Å²) < 4.78 is 6.09. The molecular formula is C13H15BrClNO3. The predicted octanol–water partition coefficient (Wildman–Crippen LogP) is 3.54. The van der Waals surface area contributed by atoms with E-state index in [-0.39, 0.29) is 0 Å². The van der Waals surface area contributed by atoms with Gasteiger partial charge in [0.2, 0.25) is 0 Å². The molecule has 0 amide bonds. The summed E-state index contributed by atoms with van der Waals surface area (Å²) in [6.45, 7) is 1.06. The van der Waals surface area contributed by atoms with Crippen LogP contribution < -0.4 is 5.32 Å². The third kappa shape index (κ3) is 3.41. The molecule has 0 spiro atoms. The lowest BCUT2D eigenvalue weighted by atomic mass is 9.90. The van der Waals surface area contributed by atoms with E-state index in [1.807, 2.05) is 0 Å².